The molecule has 0 saturated carbocycles. The van der Waals surface area contributed by atoms with Crippen molar-refractivity contribution in [3.05, 3.63) is 47.8 Å². The van der Waals surface area contributed by atoms with Crippen molar-refractivity contribution >= 4 is 28.4 Å². The lowest BCUT2D eigenvalue weighted by atomic mass is 10.0. The molecule has 2 fully saturated rings. The molecule has 3 aliphatic rings. The Labute approximate surface area is 206 Å². The molecule has 0 spiro atoms. The number of morpholine rings is 1. The van der Waals surface area contributed by atoms with Crippen LogP contribution in [-0.4, -0.2) is 66.3 Å². The fraction of sp³-hybridized carbons (Fsp3) is 0.519. The number of anilines is 2. The molecule has 0 aliphatic carbocycles. The second-order valence-corrected chi connectivity index (χ2v) is 9.87. The number of ether oxygens (including phenoxy) is 2. The largest absolute Gasteiger partial charge is 0.381 e. The first-order valence-electron chi connectivity index (χ1n) is 12.9. The Morgan fingerprint density at radius 3 is 2.66 bits per heavy atom. The Kier molecular flexibility index (Phi) is 6.39. The molecule has 0 radical (unpaired) electrons. The first-order valence-corrected chi connectivity index (χ1v) is 12.9. The van der Waals surface area contributed by atoms with Crippen LogP contribution in [-0.2, 0) is 16.0 Å². The normalized spacial score (nSPS) is 19.9. The van der Waals surface area contributed by atoms with Crippen molar-refractivity contribution in [2.24, 2.45) is 11.0 Å². The van der Waals surface area contributed by atoms with Crippen LogP contribution in [0.1, 0.15) is 36.8 Å². The average molecular weight is 475 g/mol. The predicted molar refractivity (Wildman–Crippen MR) is 138 cm³/mol. The maximum Gasteiger partial charge on any atom is 0.164 e. The van der Waals surface area contributed by atoms with E-state index in [2.05, 4.69) is 51.7 Å². The highest BCUT2D eigenvalue weighted by Gasteiger charge is 2.24. The molecule has 3 aromatic rings. The molecule has 184 valence electrons. The van der Waals surface area contributed by atoms with Crippen LogP contribution in [0, 0.1) is 12.8 Å². The number of aromatic nitrogens is 3. The zero-order chi connectivity index (χ0) is 23.6. The Morgan fingerprint density at radius 1 is 1.00 bits per heavy atom. The number of benzene rings is 1. The number of hydrogen-bond donors (Lipinski definition) is 0. The van der Waals surface area contributed by atoms with E-state index in [0.717, 1.165) is 107 Å². The third-order valence-corrected chi connectivity index (χ3v) is 7.33. The van der Waals surface area contributed by atoms with Crippen LogP contribution in [0.25, 0.3) is 11.2 Å². The SMILES string of the molecule is Cc1cccc(C2=NN(c3cc(N4CCOCC4)c4ncn(CC5CCOCC5)c4n3)CCC2)c1. The Bertz CT molecular complexity index is 1210. The van der Waals surface area contributed by atoms with Gasteiger partial charge in [-0.15, -0.1) is 0 Å². The van der Waals surface area contributed by atoms with Gasteiger partial charge < -0.3 is 18.9 Å². The van der Waals surface area contributed by atoms with Crippen LogP contribution < -0.4 is 9.91 Å². The summed E-state index contributed by atoms with van der Waals surface area (Å²) in [4.78, 5) is 12.4. The van der Waals surface area contributed by atoms with Crippen LogP contribution in [0.4, 0.5) is 11.5 Å². The van der Waals surface area contributed by atoms with Gasteiger partial charge in [0.1, 0.15) is 5.52 Å². The monoisotopic (exact) mass is 474 g/mol. The summed E-state index contributed by atoms with van der Waals surface area (Å²) in [5.74, 6) is 1.50. The van der Waals surface area contributed by atoms with Crippen molar-refractivity contribution < 1.29 is 9.47 Å². The molecule has 1 aromatic carbocycles. The molecule has 2 saturated heterocycles. The Morgan fingerprint density at radius 2 is 1.83 bits per heavy atom. The number of hydrogen-bond acceptors (Lipinski definition) is 7. The number of fused-ring (bicyclic) bond motifs is 1. The standard InChI is InChI=1S/C27H34N6O2/c1-20-4-2-5-22(16-20)23-6-3-9-33(30-23)25-17-24(31-10-14-35-15-11-31)26-27(29-25)32(19-28-26)18-21-7-12-34-13-8-21/h2,4-5,16-17,19,21H,3,6-15,18H2,1H3. The van der Waals surface area contributed by atoms with Crippen molar-refractivity contribution in [1.82, 2.24) is 14.5 Å². The lowest BCUT2D eigenvalue weighted by Crippen LogP contribution is -2.36. The summed E-state index contributed by atoms with van der Waals surface area (Å²) in [6.45, 7) is 8.82. The molecule has 2 aromatic heterocycles. The van der Waals surface area contributed by atoms with E-state index in [1.165, 1.54) is 11.1 Å². The van der Waals surface area contributed by atoms with Crippen molar-refractivity contribution in [2.75, 3.05) is 56.0 Å². The van der Waals surface area contributed by atoms with E-state index in [9.17, 15) is 0 Å². The average Bonchev–Trinajstić information content (AvgIpc) is 3.32. The zero-order valence-electron chi connectivity index (χ0n) is 20.5. The fourth-order valence-corrected chi connectivity index (χ4v) is 5.36. The van der Waals surface area contributed by atoms with E-state index in [-0.39, 0.29) is 0 Å². The van der Waals surface area contributed by atoms with Gasteiger partial charge in [-0.25, -0.2) is 15.0 Å². The van der Waals surface area contributed by atoms with E-state index in [1.807, 2.05) is 6.33 Å². The minimum atomic E-state index is 0.597. The highest BCUT2D eigenvalue weighted by atomic mass is 16.5. The highest BCUT2D eigenvalue weighted by molar-refractivity contribution is 6.01. The van der Waals surface area contributed by atoms with Crippen molar-refractivity contribution in [1.29, 1.82) is 0 Å². The van der Waals surface area contributed by atoms with Gasteiger partial charge in [0.25, 0.3) is 0 Å². The third kappa shape index (κ3) is 4.77. The number of rotatable bonds is 5. The molecule has 3 aliphatic heterocycles. The molecule has 0 atom stereocenters. The first kappa shape index (κ1) is 22.5. The molecule has 0 N–H and O–H groups in total. The van der Waals surface area contributed by atoms with Crippen LogP contribution in [0.2, 0.25) is 0 Å². The maximum absolute atomic E-state index is 5.63. The summed E-state index contributed by atoms with van der Waals surface area (Å²) in [5, 5.41) is 7.18. The van der Waals surface area contributed by atoms with E-state index in [0.29, 0.717) is 5.92 Å². The number of hydrazone groups is 1. The van der Waals surface area contributed by atoms with Gasteiger partial charge in [-0.2, -0.15) is 5.10 Å². The lowest BCUT2D eigenvalue weighted by Gasteiger charge is -2.31. The third-order valence-electron chi connectivity index (χ3n) is 7.33. The fourth-order valence-electron chi connectivity index (χ4n) is 5.36. The minimum absolute atomic E-state index is 0.597. The summed E-state index contributed by atoms with van der Waals surface area (Å²) in [7, 11) is 0. The number of pyridine rings is 1. The Balaban J connectivity index is 1.39. The maximum atomic E-state index is 5.63. The van der Waals surface area contributed by atoms with Gasteiger partial charge in [0, 0.05) is 45.5 Å². The summed E-state index contributed by atoms with van der Waals surface area (Å²) in [6, 6.07) is 10.8. The number of aryl methyl sites for hydroxylation is 1. The summed E-state index contributed by atoms with van der Waals surface area (Å²) in [5.41, 5.74) is 6.65. The summed E-state index contributed by atoms with van der Waals surface area (Å²) < 4.78 is 13.5. The second-order valence-electron chi connectivity index (χ2n) is 9.87. The highest BCUT2D eigenvalue weighted by Crippen LogP contribution is 2.32. The van der Waals surface area contributed by atoms with Crippen LogP contribution >= 0.6 is 0 Å². The summed E-state index contributed by atoms with van der Waals surface area (Å²) in [6.07, 6.45) is 6.19. The molecule has 0 unspecified atom stereocenters. The van der Waals surface area contributed by atoms with Crippen molar-refractivity contribution in [3.8, 4) is 0 Å². The van der Waals surface area contributed by atoms with Crippen LogP contribution in [0.3, 0.4) is 0 Å². The predicted octanol–water partition coefficient (Wildman–Crippen LogP) is 4.01. The number of imidazole rings is 1. The molecule has 8 nitrogen and oxygen atoms in total. The molecule has 0 bridgehead atoms. The molecule has 8 heteroatoms. The van der Waals surface area contributed by atoms with Gasteiger partial charge in [-0.1, -0.05) is 29.8 Å². The molecule has 35 heavy (non-hydrogen) atoms. The van der Waals surface area contributed by atoms with Gasteiger partial charge >= 0.3 is 0 Å². The van der Waals surface area contributed by atoms with Gasteiger partial charge in [0.15, 0.2) is 11.5 Å². The molecule has 0 amide bonds. The van der Waals surface area contributed by atoms with Gasteiger partial charge in [-0.05, 0) is 44.1 Å². The van der Waals surface area contributed by atoms with Crippen LogP contribution in [0.5, 0.6) is 0 Å². The second kappa shape index (κ2) is 9.95. The Hall–Kier alpha value is -2.97. The number of nitrogens with zero attached hydrogens (tertiary/aromatic N) is 6. The minimum Gasteiger partial charge on any atom is -0.381 e. The van der Waals surface area contributed by atoms with Gasteiger partial charge in [-0.3, -0.25) is 0 Å². The molecule has 6 rings (SSSR count). The van der Waals surface area contributed by atoms with Crippen LogP contribution in [0.15, 0.2) is 41.8 Å². The van der Waals surface area contributed by atoms with E-state index in [4.69, 9.17) is 24.5 Å². The smallest absolute Gasteiger partial charge is 0.164 e. The van der Waals surface area contributed by atoms with Gasteiger partial charge in [0.05, 0.1) is 30.9 Å². The molecule has 5 heterocycles. The zero-order valence-corrected chi connectivity index (χ0v) is 20.5. The molecular formula is C27H34N6O2. The van der Waals surface area contributed by atoms with E-state index in [1.54, 1.807) is 0 Å². The topological polar surface area (TPSA) is 68.0 Å². The van der Waals surface area contributed by atoms with Crippen molar-refractivity contribution in [2.45, 2.75) is 39.2 Å². The summed E-state index contributed by atoms with van der Waals surface area (Å²) >= 11 is 0. The van der Waals surface area contributed by atoms with E-state index < -0.39 is 0 Å². The van der Waals surface area contributed by atoms with Crippen molar-refractivity contribution in [3.63, 3.8) is 0 Å². The lowest BCUT2D eigenvalue weighted by molar-refractivity contribution is 0.0615. The van der Waals surface area contributed by atoms with Gasteiger partial charge in [0.2, 0.25) is 0 Å². The quantitative estimate of drug-likeness (QED) is 0.557. The first-order chi connectivity index (χ1) is 17.2. The molecular weight excluding hydrogens is 440 g/mol. The van der Waals surface area contributed by atoms with E-state index >= 15 is 0 Å².